The number of ether oxygens (including phenoxy) is 2. The molecule has 1 saturated carbocycles. The summed E-state index contributed by atoms with van der Waals surface area (Å²) in [5.41, 5.74) is 2.03. The molecule has 4 rings (SSSR count). The van der Waals surface area contributed by atoms with E-state index in [4.69, 9.17) is 9.47 Å². The fourth-order valence-electron chi connectivity index (χ4n) is 5.66. The SMILES string of the molecule is CCCC1CCC(C2CCC(c3ccc(-c4ccc(OCC)c(F)c4F)cc3)OC2)CC1. The lowest BCUT2D eigenvalue weighted by Gasteiger charge is -2.38. The molecule has 1 heterocycles. The van der Waals surface area contributed by atoms with Gasteiger partial charge in [0.1, 0.15) is 0 Å². The van der Waals surface area contributed by atoms with E-state index in [1.807, 2.05) is 24.3 Å². The lowest BCUT2D eigenvalue weighted by Crippen LogP contribution is -2.29. The molecule has 2 nitrogen and oxygen atoms in total. The van der Waals surface area contributed by atoms with Crippen LogP contribution >= 0.6 is 0 Å². The van der Waals surface area contributed by atoms with Gasteiger partial charge in [-0.05, 0) is 73.6 Å². The maximum Gasteiger partial charge on any atom is 0.201 e. The third-order valence-corrected chi connectivity index (χ3v) is 7.51. The van der Waals surface area contributed by atoms with Gasteiger partial charge in [-0.2, -0.15) is 4.39 Å². The summed E-state index contributed by atoms with van der Waals surface area (Å²) in [6.07, 6.45) is 10.6. The molecule has 174 valence electrons. The van der Waals surface area contributed by atoms with Gasteiger partial charge in [-0.3, -0.25) is 0 Å². The number of rotatable bonds is 7. The second-order valence-corrected chi connectivity index (χ2v) is 9.52. The largest absolute Gasteiger partial charge is 0.491 e. The Morgan fingerprint density at radius 1 is 0.844 bits per heavy atom. The lowest BCUT2D eigenvalue weighted by molar-refractivity contribution is -0.0404. The lowest BCUT2D eigenvalue weighted by atomic mass is 9.73. The van der Waals surface area contributed by atoms with Crippen molar-refractivity contribution in [1.29, 1.82) is 0 Å². The summed E-state index contributed by atoms with van der Waals surface area (Å²) in [6.45, 7) is 5.18. The Kier molecular flexibility index (Phi) is 7.83. The van der Waals surface area contributed by atoms with Crippen molar-refractivity contribution in [2.75, 3.05) is 13.2 Å². The van der Waals surface area contributed by atoms with Crippen LogP contribution in [0, 0.1) is 29.4 Å². The maximum atomic E-state index is 14.5. The van der Waals surface area contributed by atoms with Crippen molar-refractivity contribution >= 4 is 0 Å². The van der Waals surface area contributed by atoms with Crippen molar-refractivity contribution in [3.63, 3.8) is 0 Å². The van der Waals surface area contributed by atoms with Crippen LogP contribution in [-0.4, -0.2) is 13.2 Å². The van der Waals surface area contributed by atoms with Crippen LogP contribution in [0.15, 0.2) is 36.4 Å². The van der Waals surface area contributed by atoms with Crippen molar-refractivity contribution in [3.05, 3.63) is 53.6 Å². The van der Waals surface area contributed by atoms with Crippen LogP contribution in [0.25, 0.3) is 11.1 Å². The first-order chi connectivity index (χ1) is 15.6. The van der Waals surface area contributed by atoms with Gasteiger partial charge in [0, 0.05) is 5.56 Å². The van der Waals surface area contributed by atoms with E-state index in [0.29, 0.717) is 18.1 Å². The minimum absolute atomic E-state index is 0.0469. The van der Waals surface area contributed by atoms with Crippen molar-refractivity contribution < 1.29 is 18.3 Å². The molecule has 0 bridgehead atoms. The first-order valence-electron chi connectivity index (χ1n) is 12.4. The zero-order valence-electron chi connectivity index (χ0n) is 19.4. The quantitative estimate of drug-likeness (QED) is 0.431. The van der Waals surface area contributed by atoms with E-state index in [1.165, 1.54) is 51.0 Å². The molecule has 2 aromatic rings. The Bertz CT molecular complexity index is 864. The zero-order chi connectivity index (χ0) is 22.5. The van der Waals surface area contributed by atoms with E-state index in [9.17, 15) is 8.78 Å². The molecule has 0 N–H and O–H groups in total. The van der Waals surface area contributed by atoms with Crippen LogP contribution in [-0.2, 0) is 4.74 Å². The highest BCUT2D eigenvalue weighted by Crippen LogP contribution is 2.41. The van der Waals surface area contributed by atoms with Gasteiger partial charge < -0.3 is 9.47 Å². The molecular weight excluding hydrogens is 406 g/mol. The first kappa shape index (κ1) is 23.2. The van der Waals surface area contributed by atoms with Crippen LogP contribution < -0.4 is 4.74 Å². The molecule has 1 saturated heterocycles. The zero-order valence-corrected chi connectivity index (χ0v) is 19.4. The average molecular weight is 443 g/mol. The molecule has 2 aromatic carbocycles. The second-order valence-electron chi connectivity index (χ2n) is 9.52. The number of hydrogen-bond donors (Lipinski definition) is 0. The molecule has 4 heteroatoms. The van der Waals surface area contributed by atoms with Crippen LogP contribution in [0.1, 0.15) is 76.9 Å². The summed E-state index contributed by atoms with van der Waals surface area (Å²) in [4.78, 5) is 0. The molecule has 0 aromatic heterocycles. The van der Waals surface area contributed by atoms with Gasteiger partial charge in [-0.1, -0.05) is 56.9 Å². The molecule has 0 amide bonds. The summed E-state index contributed by atoms with van der Waals surface area (Å²) in [5.74, 6) is 0.612. The summed E-state index contributed by atoms with van der Waals surface area (Å²) in [5, 5.41) is 0. The van der Waals surface area contributed by atoms with Crippen molar-refractivity contribution in [1.82, 2.24) is 0 Å². The molecule has 32 heavy (non-hydrogen) atoms. The van der Waals surface area contributed by atoms with E-state index in [2.05, 4.69) is 6.92 Å². The van der Waals surface area contributed by atoms with Crippen molar-refractivity contribution in [2.45, 2.75) is 71.3 Å². The first-order valence-corrected chi connectivity index (χ1v) is 12.4. The summed E-state index contributed by atoms with van der Waals surface area (Å²) in [7, 11) is 0. The Labute approximate surface area is 191 Å². The molecule has 0 spiro atoms. The van der Waals surface area contributed by atoms with Gasteiger partial charge >= 0.3 is 0 Å². The van der Waals surface area contributed by atoms with Crippen molar-refractivity contribution in [2.24, 2.45) is 17.8 Å². The highest BCUT2D eigenvalue weighted by Gasteiger charge is 2.31. The Balaban J connectivity index is 1.34. The summed E-state index contributed by atoms with van der Waals surface area (Å²) in [6, 6.07) is 10.8. The molecule has 2 unspecified atom stereocenters. The monoisotopic (exact) mass is 442 g/mol. The standard InChI is InChI=1S/C28H36F2O2/c1-3-5-19-6-8-20(9-7-19)23-14-16-25(32-18-23)22-12-10-21(11-13-22)24-15-17-26(31-4-2)28(30)27(24)29/h10-13,15,17,19-20,23,25H,3-9,14,16,18H2,1-2H3. The molecular formula is C28H36F2O2. The van der Waals surface area contributed by atoms with Gasteiger partial charge in [0.25, 0.3) is 0 Å². The normalized spacial score (nSPS) is 26.1. The fourth-order valence-corrected chi connectivity index (χ4v) is 5.66. The van der Waals surface area contributed by atoms with Crippen molar-refractivity contribution in [3.8, 4) is 16.9 Å². The number of hydrogen-bond acceptors (Lipinski definition) is 2. The van der Waals surface area contributed by atoms with Gasteiger partial charge in [-0.25, -0.2) is 4.39 Å². The topological polar surface area (TPSA) is 18.5 Å². The van der Waals surface area contributed by atoms with E-state index in [-0.39, 0.29) is 17.4 Å². The van der Waals surface area contributed by atoms with E-state index >= 15 is 0 Å². The molecule has 2 fully saturated rings. The predicted molar refractivity (Wildman–Crippen MR) is 125 cm³/mol. The van der Waals surface area contributed by atoms with Crippen LogP contribution in [0.2, 0.25) is 0 Å². The Morgan fingerprint density at radius 2 is 1.56 bits per heavy atom. The molecule has 2 atom stereocenters. The van der Waals surface area contributed by atoms with E-state index in [0.717, 1.165) is 30.4 Å². The molecule has 1 aliphatic carbocycles. The number of halogens is 2. The molecule has 2 aliphatic rings. The predicted octanol–water partition coefficient (Wildman–Crippen LogP) is 8.10. The minimum atomic E-state index is -0.932. The van der Waals surface area contributed by atoms with Gasteiger partial charge in [0.2, 0.25) is 5.82 Å². The van der Waals surface area contributed by atoms with Crippen LogP contribution in [0.4, 0.5) is 8.78 Å². The smallest absolute Gasteiger partial charge is 0.201 e. The number of benzene rings is 2. The maximum absolute atomic E-state index is 14.5. The third-order valence-electron chi connectivity index (χ3n) is 7.51. The Hall–Kier alpha value is -1.94. The Morgan fingerprint density at radius 3 is 2.19 bits per heavy atom. The third kappa shape index (κ3) is 5.17. The van der Waals surface area contributed by atoms with Gasteiger partial charge in [0.05, 0.1) is 19.3 Å². The van der Waals surface area contributed by atoms with Gasteiger partial charge in [0.15, 0.2) is 11.6 Å². The highest BCUT2D eigenvalue weighted by atomic mass is 19.2. The summed E-state index contributed by atoms with van der Waals surface area (Å²) >= 11 is 0. The molecule has 1 aliphatic heterocycles. The average Bonchev–Trinajstić information content (AvgIpc) is 2.83. The second kappa shape index (κ2) is 10.8. The van der Waals surface area contributed by atoms with Crippen LogP contribution in [0.3, 0.4) is 0 Å². The highest BCUT2D eigenvalue weighted by molar-refractivity contribution is 5.65. The molecule has 0 radical (unpaired) electrons. The fraction of sp³-hybridized carbons (Fsp3) is 0.571. The minimum Gasteiger partial charge on any atom is -0.491 e. The van der Waals surface area contributed by atoms with E-state index < -0.39 is 11.6 Å². The summed E-state index contributed by atoms with van der Waals surface area (Å²) < 4.78 is 40.2. The van der Waals surface area contributed by atoms with Gasteiger partial charge in [-0.15, -0.1) is 0 Å². The van der Waals surface area contributed by atoms with E-state index in [1.54, 1.807) is 13.0 Å². The van der Waals surface area contributed by atoms with Crippen LogP contribution in [0.5, 0.6) is 5.75 Å².